The van der Waals surface area contributed by atoms with E-state index in [0.717, 1.165) is 34.1 Å². The van der Waals surface area contributed by atoms with Gasteiger partial charge in [0.15, 0.2) is 0 Å². The molecule has 0 aromatic heterocycles. The lowest BCUT2D eigenvalue weighted by Gasteiger charge is -2.33. The van der Waals surface area contributed by atoms with Gasteiger partial charge >= 0.3 is 0 Å². The molecule has 2 N–H and O–H groups in total. The van der Waals surface area contributed by atoms with Crippen LogP contribution in [0.5, 0.6) is 23.0 Å². The first-order valence-corrected chi connectivity index (χ1v) is 27.0. The van der Waals surface area contributed by atoms with Gasteiger partial charge in [0.1, 0.15) is 23.0 Å². The fourth-order valence-electron chi connectivity index (χ4n) is 12.1. The molecular weight excluding hydrogens is 913 g/mol. The molecule has 0 amide bonds. The minimum Gasteiger partial charge on any atom is -0.497 e. The van der Waals surface area contributed by atoms with Crippen molar-refractivity contribution in [2.24, 2.45) is 0 Å². The molecular formula is C68H80O6. The monoisotopic (exact) mass is 993 g/mol. The average molecular weight is 993 g/mol. The third-order valence-corrected chi connectivity index (χ3v) is 16.9. The standard InChI is InChI=1S/C36H46O3.C32H34O3/c1-24-19-28(23-37)32(26-13-7-5-8-14-26)21-30(24)36(29-17-11-12-18-34(29)38-3)31-22-33(27-15-9-6-10-16-27)35(39-4)20-25(31)2;1-31(2,25-14-18-29(34-4)19-15-25)24-10-12-27(13-11-24)32(3,26-8-6-23(22-33)7-9-26)28-16-20-30(35-5)21-17-28/h11-12,17-22,26-27,36-37H,5-10,13-16,23H2,1-4H3;6-21,33H,22H2,1-5H3. The van der Waals surface area contributed by atoms with Crippen molar-refractivity contribution < 1.29 is 29.2 Å². The quantitative estimate of drug-likeness (QED) is 0.0940. The molecule has 0 aliphatic heterocycles. The van der Waals surface area contributed by atoms with Crippen LogP contribution in [0.4, 0.5) is 0 Å². The minimum absolute atomic E-state index is 0.0319. The Morgan fingerprint density at radius 1 is 0.446 bits per heavy atom. The van der Waals surface area contributed by atoms with E-state index >= 15 is 0 Å². The number of aliphatic hydroxyl groups excluding tert-OH is 2. The van der Waals surface area contributed by atoms with Crippen molar-refractivity contribution in [2.75, 3.05) is 28.4 Å². The van der Waals surface area contributed by atoms with Crippen LogP contribution in [-0.2, 0) is 24.0 Å². The Morgan fingerprint density at radius 3 is 1.36 bits per heavy atom. The number of hydrogen-bond acceptors (Lipinski definition) is 6. The van der Waals surface area contributed by atoms with E-state index in [2.05, 4.69) is 144 Å². The Balaban J connectivity index is 0.000000198. The SMILES string of the molecule is COc1cc(C)c(C(c2cc(C3CCCCC3)c(CO)cc2C)c2ccccc2OC)cc1C1CCCCC1.COc1ccc(C(C)(C)c2ccc(C(C)(c3ccc(CO)cc3)c3ccc(OC)cc3)cc2)cc1. The minimum atomic E-state index is -0.372. The Labute approximate surface area is 442 Å². The lowest BCUT2D eigenvalue weighted by molar-refractivity contribution is 0.278. The summed E-state index contributed by atoms with van der Waals surface area (Å²) in [6.07, 6.45) is 12.7. The van der Waals surface area contributed by atoms with E-state index in [1.165, 1.54) is 131 Å². The van der Waals surface area contributed by atoms with Crippen LogP contribution >= 0.6 is 0 Å². The van der Waals surface area contributed by atoms with E-state index in [1.807, 2.05) is 43.5 Å². The third-order valence-electron chi connectivity index (χ3n) is 16.9. The molecule has 6 heteroatoms. The Kier molecular flexibility index (Phi) is 17.7. The number of hydrogen-bond donors (Lipinski definition) is 2. The number of aryl methyl sites for hydroxylation is 2. The molecule has 388 valence electrons. The van der Waals surface area contributed by atoms with Gasteiger partial charge in [-0.05, 0) is 167 Å². The van der Waals surface area contributed by atoms with Crippen molar-refractivity contribution in [3.8, 4) is 23.0 Å². The smallest absolute Gasteiger partial charge is 0.123 e. The van der Waals surface area contributed by atoms with E-state index in [0.29, 0.717) is 11.8 Å². The molecule has 2 aliphatic carbocycles. The van der Waals surface area contributed by atoms with Crippen molar-refractivity contribution in [3.05, 3.63) is 223 Å². The molecule has 7 aromatic rings. The highest BCUT2D eigenvalue weighted by Crippen LogP contribution is 2.47. The second kappa shape index (κ2) is 24.3. The van der Waals surface area contributed by atoms with E-state index in [-0.39, 0.29) is 30.0 Å². The number of ether oxygens (including phenoxy) is 4. The normalized spacial score (nSPS) is 15.6. The molecule has 0 heterocycles. The van der Waals surface area contributed by atoms with Crippen LogP contribution in [0.25, 0.3) is 0 Å². The first-order chi connectivity index (χ1) is 35.9. The van der Waals surface area contributed by atoms with Crippen molar-refractivity contribution in [2.45, 2.75) is 141 Å². The predicted octanol–water partition coefficient (Wildman–Crippen LogP) is 16.0. The number of benzene rings is 7. The molecule has 74 heavy (non-hydrogen) atoms. The zero-order chi connectivity index (χ0) is 52.4. The Morgan fingerprint density at radius 2 is 0.878 bits per heavy atom. The summed E-state index contributed by atoms with van der Waals surface area (Å²) >= 11 is 0. The van der Waals surface area contributed by atoms with E-state index in [9.17, 15) is 10.2 Å². The van der Waals surface area contributed by atoms with Crippen LogP contribution in [0.15, 0.2) is 146 Å². The summed E-state index contributed by atoms with van der Waals surface area (Å²) < 4.78 is 22.7. The predicted molar refractivity (Wildman–Crippen MR) is 303 cm³/mol. The molecule has 2 atom stereocenters. The summed E-state index contributed by atoms with van der Waals surface area (Å²) in [6.45, 7) is 11.3. The first-order valence-electron chi connectivity index (χ1n) is 27.0. The Bertz CT molecular complexity index is 2780. The summed E-state index contributed by atoms with van der Waals surface area (Å²) in [7, 11) is 6.97. The fraction of sp³-hybridized carbons (Fsp3) is 0.382. The molecule has 0 bridgehead atoms. The zero-order valence-electron chi connectivity index (χ0n) is 45.6. The van der Waals surface area contributed by atoms with E-state index < -0.39 is 0 Å². The molecule has 2 aliphatic rings. The highest BCUT2D eigenvalue weighted by atomic mass is 16.5. The molecule has 2 fully saturated rings. The number of rotatable bonds is 16. The average Bonchev–Trinajstić information content (AvgIpc) is 3.46. The maximum absolute atomic E-state index is 10.4. The summed E-state index contributed by atoms with van der Waals surface area (Å²) in [6, 6.07) is 51.7. The van der Waals surface area contributed by atoms with E-state index in [4.69, 9.17) is 18.9 Å². The van der Waals surface area contributed by atoms with Gasteiger partial charge in [-0.25, -0.2) is 0 Å². The van der Waals surface area contributed by atoms with Gasteiger partial charge in [0.05, 0.1) is 41.7 Å². The highest BCUT2D eigenvalue weighted by Gasteiger charge is 2.33. The van der Waals surface area contributed by atoms with Crippen LogP contribution < -0.4 is 18.9 Å². The lowest BCUT2D eigenvalue weighted by atomic mass is 9.70. The molecule has 9 rings (SSSR count). The van der Waals surface area contributed by atoms with E-state index in [1.54, 1.807) is 21.3 Å². The van der Waals surface area contributed by atoms with Crippen LogP contribution in [0, 0.1) is 13.8 Å². The van der Waals surface area contributed by atoms with Gasteiger partial charge in [-0.1, -0.05) is 162 Å². The van der Waals surface area contributed by atoms with Gasteiger partial charge in [-0.2, -0.15) is 0 Å². The second-order valence-electron chi connectivity index (χ2n) is 21.5. The van der Waals surface area contributed by atoms with Gasteiger partial charge in [-0.3, -0.25) is 0 Å². The summed E-state index contributed by atoms with van der Waals surface area (Å²) in [5.74, 6) is 4.74. The van der Waals surface area contributed by atoms with Gasteiger partial charge in [0.25, 0.3) is 0 Å². The maximum atomic E-state index is 10.4. The van der Waals surface area contributed by atoms with Crippen molar-refractivity contribution in [1.82, 2.24) is 0 Å². The third kappa shape index (κ3) is 11.5. The zero-order valence-corrected chi connectivity index (χ0v) is 45.6. The van der Waals surface area contributed by atoms with Gasteiger partial charge in [0.2, 0.25) is 0 Å². The largest absolute Gasteiger partial charge is 0.497 e. The first kappa shape index (κ1) is 53.9. The van der Waals surface area contributed by atoms with Crippen molar-refractivity contribution in [1.29, 1.82) is 0 Å². The summed E-state index contributed by atoms with van der Waals surface area (Å²) in [5.41, 5.74) is 16.5. The topological polar surface area (TPSA) is 77.4 Å². The highest BCUT2D eigenvalue weighted by molar-refractivity contribution is 5.58. The van der Waals surface area contributed by atoms with Crippen LogP contribution in [-0.4, -0.2) is 38.7 Å². The molecule has 7 aromatic carbocycles. The van der Waals surface area contributed by atoms with Crippen LogP contribution in [0.1, 0.15) is 181 Å². The lowest BCUT2D eigenvalue weighted by Crippen LogP contribution is -2.26. The molecule has 0 radical (unpaired) electrons. The fourth-order valence-corrected chi connectivity index (χ4v) is 12.1. The second-order valence-corrected chi connectivity index (χ2v) is 21.5. The summed E-state index contributed by atoms with van der Waals surface area (Å²) in [4.78, 5) is 0. The molecule has 0 spiro atoms. The molecule has 2 unspecified atom stereocenters. The molecule has 2 saturated carbocycles. The van der Waals surface area contributed by atoms with Crippen molar-refractivity contribution in [3.63, 3.8) is 0 Å². The van der Waals surface area contributed by atoms with Gasteiger partial charge < -0.3 is 29.2 Å². The van der Waals surface area contributed by atoms with Crippen molar-refractivity contribution >= 4 is 0 Å². The maximum Gasteiger partial charge on any atom is 0.123 e. The number of methoxy groups -OCH3 is 4. The van der Waals surface area contributed by atoms with Crippen LogP contribution in [0.2, 0.25) is 0 Å². The van der Waals surface area contributed by atoms with Gasteiger partial charge in [0, 0.05) is 22.3 Å². The number of aliphatic hydroxyl groups is 2. The van der Waals surface area contributed by atoms with Gasteiger partial charge in [-0.15, -0.1) is 0 Å². The summed E-state index contributed by atoms with van der Waals surface area (Å²) in [5, 5.41) is 19.9. The molecule has 6 nitrogen and oxygen atoms in total. The Hall–Kier alpha value is -6.34. The molecule has 0 saturated heterocycles. The van der Waals surface area contributed by atoms with Crippen LogP contribution in [0.3, 0.4) is 0 Å². The number of para-hydroxylation sites is 1.